The number of hydrogen-bond donors (Lipinski definition) is 2. The van der Waals surface area contributed by atoms with Crippen molar-refractivity contribution < 1.29 is 19.4 Å². The Balaban J connectivity index is 1.82. The van der Waals surface area contributed by atoms with Crippen molar-refractivity contribution in [3.8, 4) is 5.75 Å². The van der Waals surface area contributed by atoms with Gasteiger partial charge in [-0.25, -0.2) is 4.79 Å². The smallest absolute Gasteiger partial charge is 0.335 e. The molecule has 0 aliphatic carbocycles. The zero-order chi connectivity index (χ0) is 17.4. The van der Waals surface area contributed by atoms with Crippen molar-refractivity contribution in [2.45, 2.75) is 26.3 Å². The number of carboxylic acids is 1. The first-order chi connectivity index (χ1) is 11.6. The van der Waals surface area contributed by atoms with Gasteiger partial charge in [0.2, 0.25) is 5.91 Å². The van der Waals surface area contributed by atoms with E-state index in [4.69, 9.17) is 9.84 Å². The van der Waals surface area contributed by atoms with Crippen LogP contribution in [0.4, 0.5) is 0 Å². The number of carbonyl (C=O) groups is 2. The maximum absolute atomic E-state index is 12.0. The Morgan fingerprint density at radius 1 is 1.08 bits per heavy atom. The molecule has 5 nitrogen and oxygen atoms in total. The Kier molecular flexibility index (Phi) is 6.37. The summed E-state index contributed by atoms with van der Waals surface area (Å²) in [5.41, 5.74) is 2.12. The molecule has 0 aliphatic heterocycles. The molecular weight excluding hydrogens is 306 g/mol. The van der Waals surface area contributed by atoms with Gasteiger partial charge in [0.1, 0.15) is 5.75 Å². The lowest BCUT2D eigenvalue weighted by molar-refractivity contribution is -0.121. The third-order valence-electron chi connectivity index (χ3n) is 3.59. The highest BCUT2D eigenvalue weighted by molar-refractivity contribution is 5.87. The van der Waals surface area contributed by atoms with Crippen LogP contribution in [0.2, 0.25) is 0 Å². The van der Waals surface area contributed by atoms with E-state index in [1.807, 2.05) is 31.2 Å². The number of nitrogens with one attached hydrogen (secondary N) is 1. The van der Waals surface area contributed by atoms with Crippen LogP contribution in [0.1, 0.15) is 34.8 Å². The van der Waals surface area contributed by atoms with Crippen LogP contribution < -0.4 is 10.1 Å². The Morgan fingerprint density at radius 3 is 2.46 bits per heavy atom. The number of para-hydroxylation sites is 1. The average molecular weight is 327 g/mol. The first-order valence-corrected chi connectivity index (χ1v) is 7.89. The van der Waals surface area contributed by atoms with Gasteiger partial charge in [-0.15, -0.1) is 0 Å². The second-order valence-corrected chi connectivity index (χ2v) is 5.32. The number of benzene rings is 2. The number of ether oxygens (including phenoxy) is 1. The van der Waals surface area contributed by atoms with Gasteiger partial charge < -0.3 is 15.2 Å². The third kappa shape index (κ3) is 5.12. The van der Waals surface area contributed by atoms with E-state index in [1.165, 1.54) is 0 Å². The predicted octanol–water partition coefficient (Wildman–Crippen LogP) is 3.03. The van der Waals surface area contributed by atoms with Gasteiger partial charge in [-0.2, -0.15) is 0 Å². The summed E-state index contributed by atoms with van der Waals surface area (Å²) >= 11 is 0. The molecule has 0 aliphatic rings. The van der Waals surface area contributed by atoms with E-state index in [0.717, 1.165) is 16.9 Å². The Bertz CT molecular complexity index is 695. The van der Waals surface area contributed by atoms with Crippen molar-refractivity contribution >= 4 is 11.9 Å². The molecule has 2 N–H and O–H groups in total. The van der Waals surface area contributed by atoms with Crippen molar-refractivity contribution in [3.05, 3.63) is 65.2 Å². The fraction of sp³-hybridized carbons (Fsp3) is 0.263. The molecule has 2 aromatic rings. The van der Waals surface area contributed by atoms with Crippen LogP contribution in [0.15, 0.2) is 48.5 Å². The summed E-state index contributed by atoms with van der Waals surface area (Å²) in [6, 6.07) is 14.2. The van der Waals surface area contributed by atoms with Gasteiger partial charge >= 0.3 is 5.97 Å². The summed E-state index contributed by atoms with van der Waals surface area (Å²) in [4.78, 5) is 22.8. The van der Waals surface area contributed by atoms with Crippen LogP contribution in [0.25, 0.3) is 0 Å². The second-order valence-electron chi connectivity index (χ2n) is 5.32. The normalized spacial score (nSPS) is 10.2. The maximum Gasteiger partial charge on any atom is 0.335 e. The molecule has 126 valence electrons. The minimum absolute atomic E-state index is 0.0522. The summed E-state index contributed by atoms with van der Waals surface area (Å²) in [6.07, 6.45) is 0.919. The average Bonchev–Trinajstić information content (AvgIpc) is 2.60. The van der Waals surface area contributed by atoms with E-state index < -0.39 is 5.97 Å². The number of carboxylic acid groups (broad SMARTS) is 1. The van der Waals surface area contributed by atoms with E-state index in [1.54, 1.807) is 24.3 Å². The number of aromatic carboxylic acids is 1. The number of amides is 1. The van der Waals surface area contributed by atoms with Crippen LogP contribution in [0.3, 0.4) is 0 Å². The van der Waals surface area contributed by atoms with Gasteiger partial charge in [-0.3, -0.25) is 4.79 Å². The van der Waals surface area contributed by atoms with Gasteiger partial charge in [0.15, 0.2) is 0 Å². The number of hydrogen-bond acceptors (Lipinski definition) is 3. The Labute approximate surface area is 141 Å². The minimum atomic E-state index is -0.952. The fourth-order valence-corrected chi connectivity index (χ4v) is 2.30. The molecule has 0 unspecified atom stereocenters. The molecule has 0 radical (unpaired) electrons. The van der Waals surface area contributed by atoms with E-state index >= 15 is 0 Å². The molecule has 5 heteroatoms. The van der Waals surface area contributed by atoms with Gasteiger partial charge in [-0.05, 0) is 37.1 Å². The molecule has 0 atom stereocenters. The Hall–Kier alpha value is -2.82. The molecule has 2 rings (SSSR count). The van der Waals surface area contributed by atoms with Gasteiger partial charge in [-0.1, -0.05) is 30.3 Å². The van der Waals surface area contributed by atoms with Crippen LogP contribution >= 0.6 is 0 Å². The topological polar surface area (TPSA) is 75.6 Å². The fourth-order valence-electron chi connectivity index (χ4n) is 2.30. The summed E-state index contributed by atoms with van der Waals surface area (Å²) in [6.45, 7) is 2.93. The third-order valence-corrected chi connectivity index (χ3v) is 3.59. The highest BCUT2D eigenvalue weighted by Gasteiger charge is 2.07. The quantitative estimate of drug-likeness (QED) is 0.781. The Morgan fingerprint density at radius 2 is 1.79 bits per heavy atom. The SMILES string of the molecule is CCOc1ccccc1CNC(=O)CCc1ccc(C(=O)O)cc1. The molecule has 2 aromatic carbocycles. The maximum atomic E-state index is 12.0. The highest BCUT2D eigenvalue weighted by Crippen LogP contribution is 2.17. The minimum Gasteiger partial charge on any atom is -0.494 e. The molecule has 0 aromatic heterocycles. The van der Waals surface area contributed by atoms with Crippen LogP contribution in [-0.4, -0.2) is 23.6 Å². The van der Waals surface area contributed by atoms with E-state index in [-0.39, 0.29) is 11.5 Å². The van der Waals surface area contributed by atoms with Gasteiger partial charge in [0.05, 0.1) is 12.2 Å². The molecule has 0 bridgehead atoms. The standard InChI is InChI=1S/C19H21NO4/c1-2-24-17-6-4-3-5-16(17)13-20-18(21)12-9-14-7-10-15(11-8-14)19(22)23/h3-8,10-11H,2,9,12-13H2,1H3,(H,20,21)(H,22,23). The molecule has 0 saturated carbocycles. The molecule has 0 spiro atoms. The van der Waals surface area contributed by atoms with Crippen molar-refractivity contribution in [2.75, 3.05) is 6.61 Å². The zero-order valence-corrected chi connectivity index (χ0v) is 13.6. The molecule has 0 saturated heterocycles. The summed E-state index contributed by atoms with van der Waals surface area (Å²) in [5, 5.41) is 11.7. The largest absolute Gasteiger partial charge is 0.494 e. The summed E-state index contributed by atoms with van der Waals surface area (Å²) in [7, 11) is 0. The highest BCUT2D eigenvalue weighted by atomic mass is 16.5. The molecular formula is C19H21NO4. The van der Waals surface area contributed by atoms with Gasteiger partial charge in [0, 0.05) is 18.5 Å². The van der Waals surface area contributed by atoms with Crippen LogP contribution in [0, 0.1) is 0 Å². The predicted molar refractivity (Wildman–Crippen MR) is 91.2 cm³/mol. The first-order valence-electron chi connectivity index (χ1n) is 7.89. The van der Waals surface area contributed by atoms with Crippen LogP contribution in [0.5, 0.6) is 5.75 Å². The second kappa shape index (κ2) is 8.72. The molecule has 24 heavy (non-hydrogen) atoms. The molecule has 1 amide bonds. The van der Waals surface area contributed by atoms with Crippen molar-refractivity contribution in [3.63, 3.8) is 0 Å². The summed E-state index contributed by atoms with van der Waals surface area (Å²) in [5.74, 6) is -0.222. The summed E-state index contributed by atoms with van der Waals surface area (Å²) < 4.78 is 5.53. The van der Waals surface area contributed by atoms with Crippen molar-refractivity contribution in [1.29, 1.82) is 0 Å². The first kappa shape index (κ1) is 17.5. The van der Waals surface area contributed by atoms with E-state index in [2.05, 4.69) is 5.32 Å². The molecule has 0 fully saturated rings. The van der Waals surface area contributed by atoms with Crippen molar-refractivity contribution in [2.24, 2.45) is 0 Å². The lowest BCUT2D eigenvalue weighted by Gasteiger charge is -2.11. The lowest BCUT2D eigenvalue weighted by Crippen LogP contribution is -2.23. The monoisotopic (exact) mass is 327 g/mol. The number of carbonyl (C=O) groups excluding carboxylic acids is 1. The number of aryl methyl sites for hydroxylation is 1. The van der Waals surface area contributed by atoms with E-state index in [0.29, 0.717) is 26.0 Å². The van der Waals surface area contributed by atoms with E-state index in [9.17, 15) is 9.59 Å². The number of rotatable bonds is 8. The zero-order valence-electron chi connectivity index (χ0n) is 13.6. The van der Waals surface area contributed by atoms with Gasteiger partial charge in [0.25, 0.3) is 0 Å². The van der Waals surface area contributed by atoms with Crippen LogP contribution in [-0.2, 0) is 17.8 Å². The lowest BCUT2D eigenvalue weighted by atomic mass is 10.1. The van der Waals surface area contributed by atoms with Crippen molar-refractivity contribution in [1.82, 2.24) is 5.32 Å². The molecule has 0 heterocycles.